The summed E-state index contributed by atoms with van der Waals surface area (Å²) in [4.78, 5) is 36.4. The molecule has 3 heterocycles. The molecule has 1 saturated heterocycles. The number of hydrogen-bond donors (Lipinski definition) is 1. The van der Waals surface area contributed by atoms with Crippen molar-refractivity contribution in [3.63, 3.8) is 0 Å². The molecule has 0 aliphatic carbocycles. The Balaban J connectivity index is 1.30. The van der Waals surface area contributed by atoms with Crippen LogP contribution in [-0.2, 0) is 9.63 Å². The number of carbonyl (C=O) groups is 2. The first kappa shape index (κ1) is 18.6. The van der Waals surface area contributed by atoms with Gasteiger partial charge in [0.1, 0.15) is 11.4 Å². The number of oxime groups is 1. The highest BCUT2D eigenvalue weighted by atomic mass is 32.1. The molecular formula is C20H22N4O3S. The Morgan fingerprint density at radius 3 is 2.93 bits per heavy atom. The zero-order valence-corrected chi connectivity index (χ0v) is 16.4. The molecule has 2 aliphatic heterocycles. The van der Waals surface area contributed by atoms with Gasteiger partial charge in [-0.15, -0.1) is 11.3 Å². The van der Waals surface area contributed by atoms with Gasteiger partial charge in [0.15, 0.2) is 5.60 Å². The number of carbonyl (C=O) groups excluding carboxylic acids is 2. The van der Waals surface area contributed by atoms with E-state index in [1.54, 1.807) is 15.8 Å². The summed E-state index contributed by atoms with van der Waals surface area (Å²) in [5.41, 5.74) is 3.07. The second kappa shape index (κ2) is 7.71. The van der Waals surface area contributed by atoms with Crippen LogP contribution in [0.15, 0.2) is 46.4 Å². The monoisotopic (exact) mass is 398 g/mol. The van der Waals surface area contributed by atoms with E-state index in [0.29, 0.717) is 43.9 Å². The number of amides is 2. The number of rotatable bonds is 5. The fraction of sp³-hybridized carbons (Fsp3) is 0.400. The number of nitrogens with zero attached hydrogens (tertiary/aromatic N) is 3. The van der Waals surface area contributed by atoms with Crippen molar-refractivity contribution in [1.82, 2.24) is 15.2 Å². The molecule has 0 unspecified atom stereocenters. The summed E-state index contributed by atoms with van der Waals surface area (Å²) in [6.07, 6.45) is 1.07. The van der Waals surface area contributed by atoms with Crippen molar-refractivity contribution >= 4 is 28.9 Å². The maximum atomic E-state index is 12.5. The fourth-order valence-corrected chi connectivity index (χ4v) is 4.13. The Morgan fingerprint density at radius 1 is 1.36 bits per heavy atom. The predicted molar refractivity (Wildman–Crippen MR) is 106 cm³/mol. The molecular weight excluding hydrogens is 376 g/mol. The van der Waals surface area contributed by atoms with E-state index in [1.807, 2.05) is 18.2 Å². The predicted octanol–water partition coefficient (Wildman–Crippen LogP) is 2.42. The Bertz CT molecular complexity index is 884. The summed E-state index contributed by atoms with van der Waals surface area (Å²) in [5.74, 6) is -0.0972. The molecule has 146 valence electrons. The Labute approximate surface area is 167 Å². The van der Waals surface area contributed by atoms with Crippen LogP contribution in [-0.4, -0.2) is 52.6 Å². The topological polar surface area (TPSA) is 83.9 Å². The molecule has 2 amide bonds. The summed E-state index contributed by atoms with van der Waals surface area (Å²) in [6, 6.07) is 10.1. The van der Waals surface area contributed by atoms with Crippen LogP contribution in [0.4, 0.5) is 0 Å². The van der Waals surface area contributed by atoms with E-state index in [2.05, 4.69) is 34.5 Å². The number of hydrogen-bond acceptors (Lipinski definition) is 6. The zero-order valence-electron chi connectivity index (χ0n) is 15.6. The van der Waals surface area contributed by atoms with Gasteiger partial charge in [0.05, 0.1) is 12.1 Å². The van der Waals surface area contributed by atoms with E-state index in [-0.39, 0.29) is 17.7 Å². The molecule has 8 heteroatoms. The van der Waals surface area contributed by atoms with Crippen molar-refractivity contribution in [2.24, 2.45) is 5.16 Å². The third-order valence-electron chi connectivity index (χ3n) is 5.29. The highest BCUT2D eigenvalue weighted by Gasteiger charge is 2.48. The molecule has 2 atom stereocenters. The average Bonchev–Trinajstić information content (AvgIpc) is 3.48. The number of likely N-dealkylation sites (tertiary alicyclic amines) is 1. The lowest BCUT2D eigenvalue weighted by molar-refractivity contribution is -0.115. The van der Waals surface area contributed by atoms with Crippen molar-refractivity contribution in [2.75, 3.05) is 19.6 Å². The lowest BCUT2D eigenvalue weighted by Gasteiger charge is -2.21. The highest BCUT2D eigenvalue weighted by molar-refractivity contribution is 7.07. The number of aromatic nitrogens is 1. The molecule has 1 fully saturated rings. The standard InChI is InChI=1S/C20H22N4O3S/c1-14(15-5-3-2-4-6-15)10-21-18(25)16-9-20(27-23-16)7-8-24(12-20)19(26)17-11-28-13-22-17/h2-6,11,13-14H,7-10,12H2,1H3,(H,21,25)/t14-,20-/m1/s1. The normalized spacial score (nSPS) is 22.0. The number of nitrogens with one attached hydrogen (secondary N) is 1. The van der Waals surface area contributed by atoms with E-state index in [9.17, 15) is 9.59 Å². The quantitative estimate of drug-likeness (QED) is 0.838. The fourth-order valence-electron chi connectivity index (χ4n) is 3.61. The third-order valence-corrected chi connectivity index (χ3v) is 5.88. The van der Waals surface area contributed by atoms with Gasteiger partial charge in [-0.1, -0.05) is 42.4 Å². The van der Waals surface area contributed by atoms with Crippen LogP contribution in [0, 0.1) is 0 Å². The van der Waals surface area contributed by atoms with Gasteiger partial charge in [0.2, 0.25) is 0 Å². The van der Waals surface area contributed by atoms with Gasteiger partial charge in [-0.25, -0.2) is 4.98 Å². The van der Waals surface area contributed by atoms with Crippen molar-refractivity contribution in [1.29, 1.82) is 0 Å². The first-order chi connectivity index (χ1) is 13.6. The zero-order chi connectivity index (χ0) is 19.6. The van der Waals surface area contributed by atoms with Crippen LogP contribution in [0.3, 0.4) is 0 Å². The number of thiazole rings is 1. The summed E-state index contributed by atoms with van der Waals surface area (Å²) < 4.78 is 0. The van der Waals surface area contributed by atoms with Crippen LogP contribution >= 0.6 is 11.3 Å². The van der Waals surface area contributed by atoms with Crippen molar-refractivity contribution in [2.45, 2.75) is 31.3 Å². The van der Waals surface area contributed by atoms with Crippen LogP contribution in [0.1, 0.15) is 41.7 Å². The van der Waals surface area contributed by atoms with Gasteiger partial charge in [0, 0.05) is 31.3 Å². The van der Waals surface area contributed by atoms with Crippen LogP contribution in [0.2, 0.25) is 0 Å². The molecule has 2 aliphatic rings. The minimum atomic E-state index is -0.594. The van der Waals surface area contributed by atoms with Crippen molar-refractivity contribution < 1.29 is 14.4 Å². The van der Waals surface area contributed by atoms with Crippen LogP contribution in [0.25, 0.3) is 0 Å². The smallest absolute Gasteiger partial charge is 0.273 e. The Kier molecular flexibility index (Phi) is 5.13. The lowest BCUT2D eigenvalue weighted by atomic mass is 9.96. The number of benzene rings is 1. The van der Waals surface area contributed by atoms with Crippen LogP contribution < -0.4 is 5.32 Å². The highest BCUT2D eigenvalue weighted by Crippen LogP contribution is 2.34. The molecule has 0 bridgehead atoms. The van der Waals surface area contributed by atoms with Crippen molar-refractivity contribution in [3.8, 4) is 0 Å². The lowest BCUT2D eigenvalue weighted by Crippen LogP contribution is -2.39. The van der Waals surface area contributed by atoms with Crippen LogP contribution in [0.5, 0.6) is 0 Å². The maximum absolute atomic E-state index is 12.5. The third kappa shape index (κ3) is 3.77. The van der Waals surface area contributed by atoms with E-state index in [0.717, 1.165) is 0 Å². The van der Waals surface area contributed by atoms with E-state index >= 15 is 0 Å². The average molecular weight is 398 g/mol. The molecule has 7 nitrogen and oxygen atoms in total. The molecule has 28 heavy (non-hydrogen) atoms. The molecule has 1 aromatic carbocycles. The molecule has 1 N–H and O–H groups in total. The molecule has 4 rings (SSSR count). The van der Waals surface area contributed by atoms with Gasteiger partial charge in [-0.3, -0.25) is 9.59 Å². The minimum Gasteiger partial charge on any atom is -0.386 e. The second-order valence-corrected chi connectivity index (χ2v) is 8.08. The van der Waals surface area contributed by atoms with Gasteiger partial charge in [-0.2, -0.15) is 0 Å². The Hall–Kier alpha value is -2.74. The second-order valence-electron chi connectivity index (χ2n) is 7.36. The SMILES string of the molecule is C[C@H](CNC(=O)C1=NO[C@]2(CCN(C(=O)c3cscn3)C2)C1)c1ccccc1. The maximum Gasteiger partial charge on any atom is 0.273 e. The van der Waals surface area contributed by atoms with E-state index in [1.165, 1.54) is 16.9 Å². The van der Waals surface area contributed by atoms with Crippen molar-refractivity contribution in [3.05, 3.63) is 52.5 Å². The summed E-state index contributed by atoms with van der Waals surface area (Å²) in [6.45, 7) is 3.60. The molecule has 2 aromatic rings. The molecule has 0 saturated carbocycles. The van der Waals surface area contributed by atoms with Gasteiger partial charge in [0.25, 0.3) is 11.8 Å². The largest absolute Gasteiger partial charge is 0.386 e. The first-order valence-electron chi connectivity index (χ1n) is 9.32. The van der Waals surface area contributed by atoms with Gasteiger partial charge >= 0.3 is 0 Å². The summed E-state index contributed by atoms with van der Waals surface area (Å²) in [5, 5.41) is 8.72. The Morgan fingerprint density at radius 2 is 2.18 bits per heavy atom. The molecule has 0 radical (unpaired) electrons. The van der Waals surface area contributed by atoms with E-state index in [4.69, 9.17) is 4.84 Å². The minimum absolute atomic E-state index is 0.101. The van der Waals surface area contributed by atoms with Gasteiger partial charge in [-0.05, 0) is 11.5 Å². The molecule has 1 spiro atoms. The first-order valence-corrected chi connectivity index (χ1v) is 10.3. The summed E-state index contributed by atoms with van der Waals surface area (Å²) in [7, 11) is 0. The molecule has 1 aromatic heterocycles. The van der Waals surface area contributed by atoms with Gasteiger partial charge < -0.3 is 15.1 Å². The van der Waals surface area contributed by atoms with E-state index < -0.39 is 5.60 Å². The summed E-state index contributed by atoms with van der Waals surface area (Å²) >= 11 is 1.40.